The first kappa shape index (κ1) is 25.7. The molecule has 0 radical (unpaired) electrons. The van der Waals surface area contributed by atoms with Gasteiger partial charge in [-0.05, 0) is 85.2 Å². The Morgan fingerprint density at radius 2 is 1.56 bits per heavy atom. The smallest absolute Gasteiger partial charge is 0.257 e. The van der Waals surface area contributed by atoms with E-state index in [4.69, 9.17) is 23.8 Å². The molecule has 1 aliphatic rings. The van der Waals surface area contributed by atoms with E-state index in [1.807, 2.05) is 60.4 Å². The zero-order chi connectivity index (χ0) is 25.7. The Hall–Kier alpha value is -3.42. The van der Waals surface area contributed by atoms with Crippen molar-refractivity contribution in [3.05, 3.63) is 94.0 Å². The number of piperazine rings is 1. The van der Waals surface area contributed by atoms with Gasteiger partial charge in [-0.1, -0.05) is 36.7 Å². The Morgan fingerprint density at radius 3 is 2.17 bits per heavy atom. The van der Waals surface area contributed by atoms with Gasteiger partial charge in [0.1, 0.15) is 0 Å². The van der Waals surface area contributed by atoms with E-state index in [-0.39, 0.29) is 16.9 Å². The van der Waals surface area contributed by atoms with Crippen molar-refractivity contribution in [3.63, 3.8) is 0 Å². The summed E-state index contributed by atoms with van der Waals surface area (Å²) < 4.78 is 0. The molecular formula is C28H29ClN4O2S. The molecule has 0 aliphatic carbocycles. The normalized spacial score (nSPS) is 13.3. The number of nitrogens with one attached hydrogen (secondary N) is 2. The highest BCUT2D eigenvalue weighted by Crippen LogP contribution is 2.21. The number of thiocarbonyl (C=S) groups is 1. The number of carbonyl (C=O) groups excluding carboxylic acids is 2. The molecule has 4 rings (SSSR count). The number of aryl methyl sites for hydroxylation is 2. The molecule has 0 atom stereocenters. The molecule has 36 heavy (non-hydrogen) atoms. The maximum Gasteiger partial charge on any atom is 0.257 e. The van der Waals surface area contributed by atoms with Crippen molar-refractivity contribution in [3.8, 4) is 0 Å². The number of anilines is 2. The zero-order valence-corrected chi connectivity index (χ0v) is 22.0. The molecule has 2 N–H and O–H groups in total. The van der Waals surface area contributed by atoms with Gasteiger partial charge >= 0.3 is 0 Å². The van der Waals surface area contributed by atoms with E-state index >= 15 is 0 Å². The van der Waals surface area contributed by atoms with Gasteiger partial charge in [0.05, 0.1) is 0 Å². The minimum atomic E-state index is -0.320. The van der Waals surface area contributed by atoms with Gasteiger partial charge < -0.3 is 15.1 Å². The highest BCUT2D eigenvalue weighted by atomic mass is 35.5. The summed E-state index contributed by atoms with van der Waals surface area (Å²) in [5, 5.41) is 6.47. The fourth-order valence-corrected chi connectivity index (χ4v) is 4.45. The number of rotatable bonds is 5. The minimum absolute atomic E-state index is 0.0836. The van der Waals surface area contributed by atoms with Crippen LogP contribution in [0.2, 0.25) is 5.02 Å². The molecule has 0 bridgehead atoms. The summed E-state index contributed by atoms with van der Waals surface area (Å²) in [4.78, 5) is 29.4. The van der Waals surface area contributed by atoms with E-state index in [0.29, 0.717) is 23.7 Å². The standard InChI is InChI=1S/C28H29ClN4O2S/c1-3-20-5-8-21(9-6-20)27(35)33-16-14-32(15-17-33)24-12-10-23(11-13-24)30-28(36)31-26(34)22-7-4-19(2)25(29)18-22/h4-13,18H,3,14-17H2,1-2H3,(H2,30,31,34,36). The monoisotopic (exact) mass is 520 g/mol. The fourth-order valence-electron chi connectivity index (χ4n) is 4.06. The van der Waals surface area contributed by atoms with Crippen molar-refractivity contribution in [2.75, 3.05) is 36.4 Å². The van der Waals surface area contributed by atoms with Gasteiger partial charge in [-0.25, -0.2) is 0 Å². The van der Waals surface area contributed by atoms with Crippen molar-refractivity contribution in [2.24, 2.45) is 0 Å². The van der Waals surface area contributed by atoms with Gasteiger partial charge in [0.2, 0.25) is 0 Å². The quantitative estimate of drug-likeness (QED) is 0.447. The van der Waals surface area contributed by atoms with E-state index < -0.39 is 0 Å². The third-order valence-electron chi connectivity index (χ3n) is 6.33. The van der Waals surface area contributed by atoms with Crippen LogP contribution in [0.25, 0.3) is 0 Å². The summed E-state index contributed by atoms with van der Waals surface area (Å²) in [7, 11) is 0. The van der Waals surface area contributed by atoms with E-state index in [9.17, 15) is 9.59 Å². The minimum Gasteiger partial charge on any atom is -0.368 e. The Morgan fingerprint density at radius 1 is 0.917 bits per heavy atom. The lowest BCUT2D eigenvalue weighted by Crippen LogP contribution is -2.48. The van der Waals surface area contributed by atoms with Crippen LogP contribution in [0.3, 0.4) is 0 Å². The van der Waals surface area contributed by atoms with E-state index in [2.05, 4.69) is 22.5 Å². The number of benzene rings is 3. The number of hydrogen-bond acceptors (Lipinski definition) is 4. The zero-order valence-electron chi connectivity index (χ0n) is 20.4. The lowest BCUT2D eigenvalue weighted by Gasteiger charge is -2.36. The van der Waals surface area contributed by atoms with Crippen molar-refractivity contribution in [1.29, 1.82) is 0 Å². The lowest BCUT2D eigenvalue weighted by molar-refractivity contribution is 0.0746. The molecule has 8 heteroatoms. The van der Waals surface area contributed by atoms with Gasteiger partial charge in [0.25, 0.3) is 11.8 Å². The maximum absolute atomic E-state index is 12.8. The van der Waals surface area contributed by atoms with Crippen LogP contribution in [-0.4, -0.2) is 48.0 Å². The molecule has 3 aromatic carbocycles. The number of carbonyl (C=O) groups is 2. The largest absolute Gasteiger partial charge is 0.368 e. The highest BCUT2D eigenvalue weighted by molar-refractivity contribution is 7.80. The van der Waals surface area contributed by atoms with Gasteiger partial charge in [-0.2, -0.15) is 0 Å². The van der Waals surface area contributed by atoms with Crippen molar-refractivity contribution >= 4 is 52.1 Å². The second kappa shape index (κ2) is 11.5. The molecule has 3 aromatic rings. The van der Waals surface area contributed by atoms with Crippen molar-refractivity contribution in [2.45, 2.75) is 20.3 Å². The molecular weight excluding hydrogens is 492 g/mol. The fraction of sp³-hybridized carbons (Fsp3) is 0.250. The topological polar surface area (TPSA) is 64.7 Å². The van der Waals surface area contributed by atoms with Gasteiger partial charge in [0, 0.05) is 53.7 Å². The Labute approximate surface area is 222 Å². The van der Waals surface area contributed by atoms with Crippen LogP contribution in [0.5, 0.6) is 0 Å². The highest BCUT2D eigenvalue weighted by Gasteiger charge is 2.22. The van der Waals surface area contributed by atoms with E-state index in [1.54, 1.807) is 18.2 Å². The van der Waals surface area contributed by atoms with E-state index in [1.165, 1.54) is 5.56 Å². The summed E-state index contributed by atoms with van der Waals surface area (Å²) >= 11 is 11.4. The Bertz CT molecular complexity index is 1250. The molecule has 6 nitrogen and oxygen atoms in total. The molecule has 1 aliphatic heterocycles. The summed E-state index contributed by atoms with van der Waals surface area (Å²) in [6.07, 6.45) is 0.963. The van der Waals surface area contributed by atoms with Crippen molar-refractivity contribution < 1.29 is 9.59 Å². The van der Waals surface area contributed by atoms with Crippen LogP contribution in [-0.2, 0) is 6.42 Å². The van der Waals surface area contributed by atoms with Crippen LogP contribution in [0.1, 0.15) is 38.8 Å². The summed E-state index contributed by atoms with van der Waals surface area (Å²) in [6, 6.07) is 20.9. The number of amides is 2. The van der Waals surface area contributed by atoms with Crippen LogP contribution in [0, 0.1) is 6.92 Å². The summed E-state index contributed by atoms with van der Waals surface area (Å²) in [5.41, 5.74) is 5.17. The maximum atomic E-state index is 12.8. The Balaban J connectivity index is 1.28. The van der Waals surface area contributed by atoms with E-state index in [0.717, 1.165) is 42.0 Å². The van der Waals surface area contributed by atoms with Gasteiger partial charge in [-0.3, -0.25) is 14.9 Å². The molecule has 0 saturated carbocycles. The molecule has 0 aromatic heterocycles. The van der Waals surface area contributed by atoms with Gasteiger partial charge in [0.15, 0.2) is 5.11 Å². The first-order valence-corrected chi connectivity index (χ1v) is 12.7. The predicted molar refractivity (Wildman–Crippen MR) is 150 cm³/mol. The molecule has 1 saturated heterocycles. The predicted octanol–water partition coefficient (Wildman–Crippen LogP) is 5.30. The average Bonchev–Trinajstić information content (AvgIpc) is 2.90. The van der Waals surface area contributed by atoms with Crippen LogP contribution >= 0.6 is 23.8 Å². The second-order valence-corrected chi connectivity index (χ2v) is 9.56. The van der Waals surface area contributed by atoms with Gasteiger partial charge in [-0.15, -0.1) is 0 Å². The third kappa shape index (κ3) is 6.22. The number of halogens is 1. The van der Waals surface area contributed by atoms with Crippen LogP contribution in [0.15, 0.2) is 66.7 Å². The first-order valence-electron chi connectivity index (χ1n) is 12.0. The lowest BCUT2D eigenvalue weighted by atomic mass is 10.1. The van der Waals surface area contributed by atoms with Crippen LogP contribution < -0.4 is 15.5 Å². The third-order valence-corrected chi connectivity index (χ3v) is 6.94. The molecule has 186 valence electrons. The summed E-state index contributed by atoms with van der Waals surface area (Å²) in [5.74, 6) is -0.236. The average molecular weight is 521 g/mol. The molecule has 1 heterocycles. The molecule has 0 spiro atoms. The molecule has 0 unspecified atom stereocenters. The molecule has 2 amide bonds. The second-order valence-electron chi connectivity index (χ2n) is 8.75. The number of hydrogen-bond donors (Lipinski definition) is 2. The summed E-state index contributed by atoms with van der Waals surface area (Å²) in [6.45, 7) is 6.86. The van der Waals surface area contributed by atoms with Crippen LogP contribution in [0.4, 0.5) is 11.4 Å². The first-order chi connectivity index (χ1) is 17.3. The Kier molecular flexibility index (Phi) is 8.23. The number of nitrogens with zero attached hydrogens (tertiary/aromatic N) is 2. The van der Waals surface area contributed by atoms with Crippen molar-refractivity contribution in [1.82, 2.24) is 10.2 Å². The SMILES string of the molecule is CCc1ccc(C(=O)N2CCN(c3ccc(NC(=S)NC(=O)c4ccc(C)c(Cl)c4)cc3)CC2)cc1. The molecule has 1 fully saturated rings.